The van der Waals surface area contributed by atoms with E-state index in [9.17, 15) is 4.79 Å². The third kappa shape index (κ3) is 2.74. The van der Waals surface area contributed by atoms with Crippen molar-refractivity contribution in [2.75, 3.05) is 13.1 Å². The maximum atomic E-state index is 10.2. The Kier molecular flexibility index (Phi) is 3.51. The Balaban J connectivity index is 3.67. The fourth-order valence-electron chi connectivity index (χ4n) is 0.498. The fourth-order valence-corrected chi connectivity index (χ4v) is 0.498. The van der Waals surface area contributed by atoms with Gasteiger partial charge in [-0.05, 0) is 6.92 Å². The van der Waals surface area contributed by atoms with Crippen molar-refractivity contribution in [1.82, 2.24) is 4.90 Å². The monoisotopic (exact) mass is 129 g/mol. The molecule has 0 aliphatic rings. The molecule has 0 saturated carbocycles. The molecule has 0 bridgehead atoms. The molecule has 0 aromatic heterocycles. The minimum atomic E-state index is -0.891. The number of carboxylic acid groups (broad SMARTS) is 1. The SMILES string of the molecule is C=CCN(CC)C(=O)O. The van der Waals surface area contributed by atoms with E-state index >= 15 is 0 Å². The number of amides is 1. The van der Waals surface area contributed by atoms with Gasteiger partial charge in [0.2, 0.25) is 0 Å². The average Bonchev–Trinajstić information content (AvgIpc) is 1.82. The second kappa shape index (κ2) is 3.95. The van der Waals surface area contributed by atoms with Crippen molar-refractivity contribution in [3.05, 3.63) is 12.7 Å². The molecular weight excluding hydrogens is 118 g/mol. The molecule has 0 radical (unpaired) electrons. The molecule has 3 heteroatoms. The van der Waals surface area contributed by atoms with Gasteiger partial charge >= 0.3 is 6.09 Å². The number of hydrogen-bond donors (Lipinski definition) is 1. The Hall–Kier alpha value is -0.990. The van der Waals surface area contributed by atoms with Gasteiger partial charge in [0.15, 0.2) is 0 Å². The van der Waals surface area contributed by atoms with Crippen LogP contribution in [0.3, 0.4) is 0 Å². The van der Waals surface area contributed by atoms with Gasteiger partial charge in [-0.3, -0.25) is 0 Å². The average molecular weight is 129 g/mol. The Bertz CT molecular complexity index is 112. The van der Waals surface area contributed by atoms with Gasteiger partial charge in [0.05, 0.1) is 0 Å². The third-order valence-corrected chi connectivity index (χ3v) is 1.00. The van der Waals surface area contributed by atoms with Crippen LogP contribution in [-0.4, -0.2) is 29.2 Å². The fraction of sp³-hybridized carbons (Fsp3) is 0.500. The summed E-state index contributed by atoms with van der Waals surface area (Å²) in [7, 11) is 0. The van der Waals surface area contributed by atoms with Gasteiger partial charge < -0.3 is 10.0 Å². The van der Waals surface area contributed by atoms with E-state index in [2.05, 4.69) is 6.58 Å². The molecule has 0 aromatic rings. The number of carbonyl (C=O) groups is 1. The zero-order chi connectivity index (χ0) is 7.28. The van der Waals surface area contributed by atoms with Crippen molar-refractivity contribution < 1.29 is 9.90 Å². The molecule has 0 rings (SSSR count). The standard InChI is InChI=1S/C6H11NO2/c1-3-5-7(4-2)6(8)9/h3H,1,4-5H2,2H3,(H,8,9). The lowest BCUT2D eigenvalue weighted by Gasteiger charge is -2.12. The first-order valence-electron chi connectivity index (χ1n) is 2.81. The normalized spacial score (nSPS) is 8.56. The van der Waals surface area contributed by atoms with Crippen LogP contribution >= 0.6 is 0 Å². The summed E-state index contributed by atoms with van der Waals surface area (Å²) in [6.07, 6.45) is 0.676. The summed E-state index contributed by atoms with van der Waals surface area (Å²) < 4.78 is 0. The van der Waals surface area contributed by atoms with E-state index < -0.39 is 6.09 Å². The molecule has 0 spiro atoms. The van der Waals surface area contributed by atoms with Gasteiger partial charge in [0, 0.05) is 13.1 Å². The molecule has 52 valence electrons. The molecule has 3 nitrogen and oxygen atoms in total. The van der Waals surface area contributed by atoms with E-state index in [0.717, 1.165) is 0 Å². The first-order chi connectivity index (χ1) is 4.22. The van der Waals surface area contributed by atoms with Crippen molar-refractivity contribution in [3.63, 3.8) is 0 Å². The Morgan fingerprint density at radius 3 is 2.56 bits per heavy atom. The van der Waals surface area contributed by atoms with Crippen molar-refractivity contribution in [2.24, 2.45) is 0 Å². The largest absolute Gasteiger partial charge is 0.465 e. The maximum Gasteiger partial charge on any atom is 0.407 e. The molecule has 0 aliphatic heterocycles. The highest BCUT2D eigenvalue weighted by Crippen LogP contribution is 1.86. The van der Waals surface area contributed by atoms with E-state index in [1.807, 2.05) is 0 Å². The number of nitrogens with zero attached hydrogens (tertiary/aromatic N) is 1. The van der Waals surface area contributed by atoms with Crippen LogP contribution in [0.1, 0.15) is 6.92 Å². The molecular formula is C6H11NO2. The Labute approximate surface area is 54.6 Å². The lowest BCUT2D eigenvalue weighted by molar-refractivity contribution is 0.153. The molecule has 9 heavy (non-hydrogen) atoms. The van der Waals surface area contributed by atoms with Crippen LogP contribution in [0.15, 0.2) is 12.7 Å². The zero-order valence-electron chi connectivity index (χ0n) is 5.50. The van der Waals surface area contributed by atoms with E-state index in [1.54, 1.807) is 13.0 Å². The highest BCUT2D eigenvalue weighted by atomic mass is 16.4. The summed E-state index contributed by atoms with van der Waals surface area (Å²) in [6, 6.07) is 0. The molecule has 0 unspecified atom stereocenters. The van der Waals surface area contributed by atoms with Crippen LogP contribution in [0.25, 0.3) is 0 Å². The highest BCUT2D eigenvalue weighted by molar-refractivity contribution is 5.65. The molecule has 0 aromatic carbocycles. The lowest BCUT2D eigenvalue weighted by Crippen LogP contribution is -2.28. The summed E-state index contributed by atoms with van der Waals surface area (Å²) in [6.45, 7) is 6.14. The Morgan fingerprint density at radius 1 is 1.89 bits per heavy atom. The van der Waals surface area contributed by atoms with Gasteiger partial charge in [0.1, 0.15) is 0 Å². The van der Waals surface area contributed by atoms with E-state index in [4.69, 9.17) is 5.11 Å². The summed E-state index contributed by atoms with van der Waals surface area (Å²) in [4.78, 5) is 11.5. The smallest absolute Gasteiger partial charge is 0.407 e. The van der Waals surface area contributed by atoms with E-state index in [0.29, 0.717) is 13.1 Å². The van der Waals surface area contributed by atoms with Crippen LogP contribution in [0.2, 0.25) is 0 Å². The maximum absolute atomic E-state index is 10.2. The summed E-state index contributed by atoms with van der Waals surface area (Å²) in [5, 5.41) is 8.38. The zero-order valence-corrected chi connectivity index (χ0v) is 5.50. The minimum absolute atomic E-state index is 0.409. The highest BCUT2D eigenvalue weighted by Gasteiger charge is 2.04. The quantitative estimate of drug-likeness (QED) is 0.581. The molecule has 0 saturated heterocycles. The first-order valence-corrected chi connectivity index (χ1v) is 2.81. The van der Waals surface area contributed by atoms with Crippen molar-refractivity contribution in [3.8, 4) is 0 Å². The second-order valence-electron chi connectivity index (χ2n) is 1.61. The summed E-state index contributed by atoms with van der Waals surface area (Å²) >= 11 is 0. The van der Waals surface area contributed by atoms with Crippen LogP contribution in [0, 0.1) is 0 Å². The second-order valence-corrected chi connectivity index (χ2v) is 1.61. The molecule has 1 N–H and O–H groups in total. The predicted octanol–water partition coefficient (Wildman–Crippen LogP) is 1.17. The number of likely N-dealkylation sites (N-methyl/N-ethyl adjacent to an activating group) is 1. The number of rotatable bonds is 3. The molecule has 0 heterocycles. The van der Waals surface area contributed by atoms with Gasteiger partial charge in [-0.2, -0.15) is 0 Å². The molecule has 0 aliphatic carbocycles. The Morgan fingerprint density at radius 2 is 2.44 bits per heavy atom. The lowest BCUT2D eigenvalue weighted by atomic mass is 10.5. The van der Waals surface area contributed by atoms with Gasteiger partial charge in [-0.1, -0.05) is 6.08 Å². The van der Waals surface area contributed by atoms with E-state index in [-0.39, 0.29) is 0 Å². The van der Waals surface area contributed by atoms with Crippen LogP contribution in [-0.2, 0) is 0 Å². The number of hydrogen-bond acceptors (Lipinski definition) is 1. The third-order valence-electron chi connectivity index (χ3n) is 1.00. The van der Waals surface area contributed by atoms with Crippen LogP contribution < -0.4 is 0 Å². The molecule has 0 fully saturated rings. The van der Waals surface area contributed by atoms with Crippen molar-refractivity contribution >= 4 is 6.09 Å². The van der Waals surface area contributed by atoms with E-state index in [1.165, 1.54) is 4.90 Å². The van der Waals surface area contributed by atoms with Gasteiger partial charge in [0.25, 0.3) is 0 Å². The van der Waals surface area contributed by atoms with Gasteiger partial charge in [-0.25, -0.2) is 4.79 Å². The molecule has 1 amide bonds. The minimum Gasteiger partial charge on any atom is -0.465 e. The van der Waals surface area contributed by atoms with Crippen LogP contribution in [0.5, 0.6) is 0 Å². The topological polar surface area (TPSA) is 40.5 Å². The molecule has 0 atom stereocenters. The summed E-state index contributed by atoms with van der Waals surface area (Å²) in [5.41, 5.74) is 0. The first kappa shape index (κ1) is 8.01. The summed E-state index contributed by atoms with van der Waals surface area (Å²) in [5.74, 6) is 0. The van der Waals surface area contributed by atoms with Gasteiger partial charge in [-0.15, -0.1) is 6.58 Å². The van der Waals surface area contributed by atoms with Crippen molar-refractivity contribution in [2.45, 2.75) is 6.92 Å². The predicted molar refractivity (Wildman–Crippen MR) is 35.5 cm³/mol. The van der Waals surface area contributed by atoms with Crippen molar-refractivity contribution in [1.29, 1.82) is 0 Å². The van der Waals surface area contributed by atoms with Crippen LogP contribution in [0.4, 0.5) is 4.79 Å².